The minimum atomic E-state index is 0.358. The summed E-state index contributed by atoms with van der Waals surface area (Å²) in [7, 11) is 0. The Morgan fingerprint density at radius 1 is 1.07 bits per heavy atom. The van der Waals surface area contributed by atoms with Crippen LogP contribution in [0.5, 0.6) is 5.75 Å². The Hall–Kier alpha value is -1.24. The molecule has 1 aliphatic rings. The highest BCUT2D eigenvalue weighted by Crippen LogP contribution is 2.33. The Balaban J connectivity index is 2.09. The van der Waals surface area contributed by atoms with E-state index in [0.717, 1.165) is 6.42 Å². The van der Waals surface area contributed by atoms with Crippen LogP contribution in [-0.2, 0) is 0 Å². The Morgan fingerprint density at radius 2 is 1.80 bits per heavy atom. The number of aromatic hydroxyl groups is 1. The maximum absolute atomic E-state index is 9.24. The van der Waals surface area contributed by atoms with Crippen molar-refractivity contribution < 1.29 is 5.11 Å². The van der Waals surface area contributed by atoms with Gasteiger partial charge in [0.05, 0.1) is 0 Å². The van der Waals surface area contributed by atoms with Crippen LogP contribution in [0.3, 0.4) is 0 Å². The van der Waals surface area contributed by atoms with E-state index in [1.54, 1.807) is 12.1 Å². The van der Waals surface area contributed by atoms with E-state index < -0.39 is 0 Å². The van der Waals surface area contributed by atoms with E-state index in [4.69, 9.17) is 0 Å². The summed E-state index contributed by atoms with van der Waals surface area (Å²) in [5.74, 6) is 1.02. The Bertz CT molecular complexity index is 337. The van der Waals surface area contributed by atoms with Crippen LogP contribution in [0.15, 0.2) is 36.4 Å². The second-order valence-electron chi connectivity index (χ2n) is 4.47. The van der Waals surface area contributed by atoms with Gasteiger partial charge in [0.2, 0.25) is 0 Å². The van der Waals surface area contributed by atoms with Crippen LogP contribution in [0.25, 0.3) is 0 Å². The zero-order chi connectivity index (χ0) is 10.7. The fourth-order valence-corrected chi connectivity index (χ4v) is 2.33. The average molecular weight is 202 g/mol. The molecule has 0 saturated heterocycles. The van der Waals surface area contributed by atoms with Gasteiger partial charge in [-0.25, -0.2) is 0 Å². The van der Waals surface area contributed by atoms with Crippen LogP contribution < -0.4 is 0 Å². The van der Waals surface area contributed by atoms with Crippen LogP contribution in [0.1, 0.15) is 43.6 Å². The van der Waals surface area contributed by atoms with Crippen molar-refractivity contribution in [3.05, 3.63) is 42.0 Å². The molecule has 1 heteroatoms. The average Bonchev–Trinajstić information content (AvgIpc) is 2.44. The third-order valence-corrected chi connectivity index (χ3v) is 3.29. The first-order valence-electron chi connectivity index (χ1n) is 5.71. The fraction of sp³-hybridized carbons (Fsp3) is 0.429. The third-order valence-electron chi connectivity index (χ3n) is 3.29. The van der Waals surface area contributed by atoms with Gasteiger partial charge in [0.25, 0.3) is 0 Å². The molecule has 1 saturated carbocycles. The molecule has 2 rings (SSSR count). The van der Waals surface area contributed by atoms with E-state index in [2.05, 4.69) is 6.58 Å². The van der Waals surface area contributed by atoms with Gasteiger partial charge >= 0.3 is 0 Å². The molecule has 0 aliphatic heterocycles. The lowest BCUT2D eigenvalue weighted by atomic mass is 9.92. The first-order valence-corrected chi connectivity index (χ1v) is 5.71. The number of allylic oxidation sites excluding steroid dienone is 1. The van der Waals surface area contributed by atoms with E-state index >= 15 is 0 Å². The Morgan fingerprint density at radius 3 is 2.53 bits per heavy atom. The topological polar surface area (TPSA) is 20.2 Å². The van der Waals surface area contributed by atoms with Crippen LogP contribution in [0.4, 0.5) is 0 Å². The van der Waals surface area contributed by atoms with E-state index in [-0.39, 0.29) is 0 Å². The van der Waals surface area contributed by atoms with Crippen molar-refractivity contribution in [2.75, 3.05) is 0 Å². The lowest BCUT2D eigenvalue weighted by Gasteiger charge is -2.13. The van der Waals surface area contributed by atoms with Gasteiger partial charge in [-0.3, -0.25) is 0 Å². The summed E-state index contributed by atoms with van der Waals surface area (Å²) in [6.07, 6.45) is 6.07. The molecule has 1 fully saturated rings. The highest BCUT2D eigenvalue weighted by atomic mass is 16.3. The molecule has 0 bridgehead atoms. The van der Waals surface area contributed by atoms with Crippen LogP contribution in [0.2, 0.25) is 0 Å². The summed E-state index contributed by atoms with van der Waals surface area (Å²) in [4.78, 5) is 0. The predicted octanol–water partition coefficient (Wildman–Crippen LogP) is 4.00. The summed E-state index contributed by atoms with van der Waals surface area (Å²) in [5, 5.41) is 9.24. The number of hydrogen-bond donors (Lipinski definition) is 1. The van der Waals surface area contributed by atoms with E-state index in [1.807, 2.05) is 12.1 Å². The van der Waals surface area contributed by atoms with Crippen molar-refractivity contribution in [2.24, 2.45) is 0 Å². The number of benzene rings is 1. The molecule has 1 aromatic carbocycles. The van der Waals surface area contributed by atoms with Crippen molar-refractivity contribution in [3.8, 4) is 5.75 Å². The molecule has 1 nitrogen and oxygen atoms in total. The lowest BCUT2D eigenvalue weighted by Crippen LogP contribution is -1.96. The van der Waals surface area contributed by atoms with Gasteiger partial charge in [0.1, 0.15) is 5.75 Å². The standard InChI is InChI=1S/C14H18O/c1-11-3-2-4-12(6-5-11)13-7-9-14(15)10-8-13/h7-10,12,15H,1-6H2/t12-/m1/s1. The summed E-state index contributed by atoms with van der Waals surface area (Å²) < 4.78 is 0. The zero-order valence-corrected chi connectivity index (χ0v) is 9.08. The number of phenols is 1. The van der Waals surface area contributed by atoms with Gasteiger partial charge in [-0.15, -0.1) is 0 Å². The van der Waals surface area contributed by atoms with Gasteiger partial charge in [-0.05, 0) is 55.7 Å². The van der Waals surface area contributed by atoms with Gasteiger partial charge in [0, 0.05) is 0 Å². The molecule has 0 radical (unpaired) electrons. The van der Waals surface area contributed by atoms with E-state index in [9.17, 15) is 5.11 Å². The second kappa shape index (κ2) is 4.52. The molecule has 0 spiro atoms. The smallest absolute Gasteiger partial charge is 0.115 e. The Labute approximate surface area is 91.4 Å². The molecule has 0 amide bonds. The highest BCUT2D eigenvalue weighted by molar-refractivity contribution is 5.28. The number of hydrogen-bond acceptors (Lipinski definition) is 1. The molecule has 80 valence electrons. The van der Waals surface area contributed by atoms with Crippen molar-refractivity contribution in [3.63, 3.8) is 0 Å². The first kappa shape index (κ1) is 10.3. The molecule has 0 heterocycles. The fourth-order valence-electron chi connectivity index (χ4n) is 2.33. The Kier molecular flexibility index (Phi) is 3.10. The minimum absolute atomic E-state index is 0.358. The monoisotopic (exact) mass is 202 g/mol. The van der Waals surface area contributed by atoms with E-state index in [1.165, 1.54) is 36.8 Å². The van der Waals surface area contributed by atoms with Gasteiger partial charge < -0.3 is 5.11 Å². The van der Waals surface area contributed by atoms with Crippen LogP contribution in [-0.4, -0.2) is 5.11 Å². The summed E-state index contributed by atoms with van der Waals surface area (Å²) in [6.45, 7) is 4.08. The summed E-state index contributed by atoms with van der Waals surface area (Å²) >= 11 is 0. The third kappa shape index (κ3) is 2.62. The molecular formula is C14H18O. The number of phenolic OH excluding ortho intramolecular Hbond substituents is 1. The van der Waals surface area contributed by atoms with Gasteiger partial charge in [-0.2, -0.15) is 0 Å². The van der Waals surface area contributed by atoms with Crippen molar-refractivity contribution in [1.29, 1.82) is 0 Å². The van der Waals surface area contributed by atoms with Gasteiger partial charge in [0.15, 0.2) is 0 Å². The van der Waals surface area contributed by atoms with Crippen LogP contribution >= 0.6 is 0 Å². The van der Waals surface area contributed by atoms with Gasteiger partial charge in [-0.1, -0.05) is 24.3 Å². The molecular weight excluding hydrogens is 184 g/mol. The highest BCUT2D eigenvalue weighted by Gasteiger charge is 2.15. The SMILES string of the molecule is C=C1CCC[C@@H](c2ccc(O)cc2)CC1. The molecule has 0 aromatic heterocycles. The van der Waals surface area contributed by atoms with Crippen molar-refractivity contribution in [2.45, 2.75) is 38.0 Å². The predicted molar refractivity (Wildman–Crippen MR) is 63.1 cm³/mol. The largest absolute Gasteiger partial charge is 0.508 e. The molecule has 1 aromatic rings. The van der Waals surface area contributed by atoms with Crippen molar-refractivity contribution in [1.82, 2.24) is 0 Å². The normalized spacial score (nSPS) is 22.4. The van der Waals surface area contributed by atoms with Crippen LogP contribution in [0, 0.1) is 0 Å². The first-order chi connectivity index (χ1) is 7.25. The molecule has 1 atom stereocenters. The molecule has 15 heavy (non-hydrogen) atoms. The minimum Gasteiger partial charge on any atom is -0.508 e. The van der Waals surface area contributed by atoms with E-state index in [0.29, 0.717) is 11.7 Å². The summed E-state index contributed by atoms with van der Waals surface area (Å²) in [5.41, 5.74) is 2.76. The maximum Gasteiger partial charge on any atom is 0.115 e. The quantitative estimate of drug-likeness (QED) is 0.539. The lowest BCUT2D eigenvalue weighted by molar-refractivity contribution is 0.474. The molecule has 1 aliphatic carbocycles. The number of rotatable bonds is 1. The molecule has 1 N–H and O–H groups in total. The molecule has 0 unspecified atom stereocenters. The zero-order valence-electron chi connectivity index (χ0n) is 9.08. The van der Waals surface area contributed by atoms with Crippen molar-refractivity contribution >= 4 is 0 Å². The maximum atomic E-state index is 9.24. The second-order valence-corrected chi connectivity index (χ2v) is 4.47. The summed E-state index contributed by atoms with van der Waals surface area (Å²) in [6, 6.07) is 7.67.